The molecule has 1 aliphatic heterocycles. The first-order valence-electron chi connectivity index (χ1n) is 36.6. The maximum absolute atomic E-state index is 13.5. The van der Waals surface area contributed by atoms with Gasteiger partial charge in [-0.2, -0.15) is 0 Å². The summed E-state index contributed by atoms with van der Waals surface area (Å²) in [4.78, 5) is 26.7. The molecule has 0 aromatic carbocycles. The van der Waals surface area contributed by atoms with Crippen molar-refractivity contribution >= 4 is 11.9 Å². The lowest BCUT2D eigenvalue weighted by Crippen LogP contribution is -2.61. The van der Waals surface area contributed by atoms with E-state index in [1.165, 1.54) is 212 Å². The molecule has 502 valence electrons. The van der Waals surface area contributed by atoms with Crippen molar-refractivity contribution in [1.29, 1.82) is 0 Å². The molecule has 0 aliphatic carbocycles. The number of amides is 1. The van der Waals surface area contributed by atoms with Crippen molar-refractivity contribution in [3.8, 4) is 0 Å². The van der Waals surface area contributed by atoms with Gasteiger partial charge in [-0.25, -0.2) is 0 Å². The average Bonchev–Trinajstić information content (AvgIpc) is 3.68. The summed E-state index contributed by atoms with van der Waals surface area (Å²) in [5.41, 5.74) is 0. The largest absolute Gasteiger partial charge is 0.454 e. The van der Waals surface area contributed by atoms with Gasteiger partial charge in [0.2, 0.25) is 5.91 Å². The van der Waals surface area contributed by atoms with E-state index in [2.05, 4.69) is 74.7 Å². The molecule has 8 atom stereocenters. The van der Waals surface area contributed by atoms with Gasteiger partial charge < -0.3 is 45.1 Å². The second-order valence-electron chi connectivity index (χ2n) is 25.3. The number of hydrogen-bond donors (Lipinski definition) is 6. The quantitative estimate of drug-likeness (QED) is 0.0195. The van der Waals surface area contributed by atoms with E-state index in [9.17, 15) is 35.1 Å². The molecule has 86 heavy (non-hydrogen) atoms. The van der Waals surface area contributed by atoms with Crippen LogP contribution in [0.3, 0.4) is 0 Å². The highest BCUT2D eigenvalue weighted by atomic mass is 16.7. The lowest BCUT2D eigenvalue weighted by Gasteiger charge is -2.41. The van der Waals surface area contributed by atoms with Crippen LogP contribution in [0.25, 0.3) is 0 Å². The normalized spacial score (nSPS) is 18.6. The van der Waals surface area contributed by atoms with E-state index < -0.39 is 67.4 Å². The Bertz CT molecular complexity index is 1630. The SMILES string of the molecule is CCCCC/C=C\C/C=C\C/C=C\C/C=C\CCCCCCCCCCCCC(O)C(=O)NC(COC1OC(CO)C(O)C(O)C1OC(=O)CCCCCCCCCCCCCCCCCCCCC)C(O)/C=C/CCCCCCCCCCCC. The van der Waals surface area contributed by atoms with Crippen molar-refractivity contribution < 1.29 is 49.3 Å². The van der Waals surface area contributed by atoms with E-state index in [4.69, 9.17) is 14.2 Å². The Morgan fingerprint density at radius 2 is 0.802 bits per heavy atom. The summed E-state index contributed by atoms with van der Waals surface area (Å²) >= 11 is 0. The minimum Gasteiger partial charge on any atom is -0.454 e. The summed E-state index contributed by atoms with van der Waals surface area (Å²) in [7, 11) is 0. The number of allylic oxidation sites excluding steroid dienone is 9. The molecule has 1 saturated heterocycles. The van der Waals surface area contributed by atoms with Crippen molar-refractivity contribution in [1.82, 2.24) is 5.32 Å². The van der Waals surface area contributed by atoms with Crippen molar-refractivity contribution in [2.45, 2.75) is 391 Å². The number of ether oxygens (including phenoxy) is 3. The van der Waals surface area contributed by atoms with Gasteiger partial charge in [0.05, 0.1) is 25.4 Å². The highest BCUT2D eigenvalue weighted by Crippen LogP contribution is 2.26. The van der Waals surface area contributed by atoms with Gasteiger partial charge in [-0.15, -0.1) is 0 Å². The van der Waals surface area contributed by atoms with Gasteiger partial charge in [0.15, 0.2) is 12.4 Å². The molecule has 8 unspecified atom stereocenters. The zero-order chi connectivity index (χ0) is 62.4. The van der Waals surface area contributed by atoms with Crippen molar-refractivity contribution in [2.24, 2.45) is 0 Å². The fourth-order valence-electron chi connectivity index (χ4n) is 11.4. The second-order valence-corrected chi connectivity index (χ2v) is 25.3. The van der Waals surface area contributed by atoms with E-state index in [0.717, 1.165) is 83.5 Å². The number of aliphatic hydroxyl groups excluding tert-OH is 5. The maximum atomic E-state index is 13.5. The molecule has 1 aliphatic rings. The highest BCUT2D eigenvalue weighted by Gasteiger charge is 2.47. The van der Waals surface area contributed by atoms with Crippen LogP contribution in [0.2, 0.25) is 0 Å². The molecule has 1 fully saturated rings. The molecule has 1 rings (SSSR count). The van der Waals surface area contributed by atoms with Crippen LogP contribution >= 0.6 is 0 Å². The molecule has 11 nitrogen and oxygen atoms in total. The van der Waals surface area contributed by atoms with Crippen LogP contribution in [-0.4, -0.2) is 99.6 Å². The number of esters is 1. The molecule has 6 N–H and O–H groups in total. The number of rotatable bonds is 63. The first-order chi connectivity index (χ1) is 42.2. The first kappa shape index (κ1) is 81.4. The second kappa shape index (κ2) is 62.5. The van der Waals surface area contributed by atoms with Gasteiger partial charge in [0.25, 0.3) is 0 Å². The molecular formula is C75H137NO10. The van der Waals surface area contributed by atoms with Gasteiger partial charge in [-0.3, -0.25) is 9.59 Å². The van der Waals surface area contributed by atoms with Gasteiger partial charge >= 0.3 is 5.97 Å². The smallest absolute Gasteiger partial charge is 0.306 e. The van der Waals surface area contributed by atoms with Crippen LogP contribution in [0.1, 0.15) is 342 Å². The maximum Gasteiger partial charge on any atom is 0.306 e. The van der Waals surface area contributed by atoms with Crippen LogP contribution in [0.5, 0.6) is 0 Å². The predicted octanol–water partition coefficient (Wildman–Crippen LogP) is 18.9. The lowest BCUT2D eigenvalue weighted by atomic mass is 9.99. The molecule has 1 heterocycles. The molecule has 0 radical (unpaired) electrons. The molecule has 0 spiro atoms. The number of aliphatic hydroxyl groups is 5. The topological polar surface area (TPSA) is 175 Å². The number of unbranched alkanes of at least 4 members (excludes halogenated alkanes) is 41. The summed E-state index contributed by atoms with van der Waals surface area (Å²) < 4.78 is 17.7. The van der Waals surface area contributed by atoms with Gasteiger partial charge in [0.1, 0.15) is 24.4 Å². The molecule has 0 aromatic rings. The Morgan fingerprint density at radius 1 is 0.453 bits per heavy atom. The van der Waals surface area contributed by atoms with Crippen LogP contribution in [0.4, 0.5) is 0 Å². The number of carbonyl (C=O) groups is 2. The molecule has 0 bridgehead atoms. The zero-order valence-corrected chi connectivity index (χ0v) is 55.9. The van der Waals surface area contributed by atoms with E-state index in [0.29, 0.717) is 12.8 Å². The highest BCUT2D eigenvalue weighted by molar-refractivity contribution is 5.80. The third kappa shape index (κ3) is 49.2. The summed E-state index contributed by atoms with van der Waals surface area (Å²) in [5, 5.41) is 57.3. The van der Waals surface area contributed by atoms with Crippen molar-refractivity contribution in [2.75, 3.05) is 13.2 Å². The van der Waals surface area contributed by atoms with E-state index >= 15 is 0 Å². The van der Waals surface area contributed by atoms with Crippen LogP contribution in [0, 0.1) is 0 Å². The minimum atomic E-state index is -1.61. The van der Waals surface area contributed by atoms with Gasteiger partial charge in [-0.1, -0.05) is 326 Å². The van der Waals surface area contributed by atoms with Crippen LogP contribution in [-0.2, 0) is 23.8 Å². The summed E-state index contributed by atoms with van der Waals surface area (Å²) in [6.45, 7) is 5.81. The van der Waals surface area contributed by atoms with E-state index in [1.54, 1.807) is 6.08 Å². The third-order valence-corrected chi connectivity index (χ3v) is 17.2. The molecule has 11 heteroatoms. The van der Waals surface area contributed by atoms with Crippen molar-refractivity contribution in [3.63, 3.8) is 0 Å². The molecule has 1 amide bonds. The Labute approximate surface area is 528 Å². The summed E-state index contributed by atoms with van der Waals surface area (Å²) in [6.07, 6.45) is 69.7. The number of carbonyl (C=O) groups excluding carboxylic acids is 2. The number of nitrogens with one attached hydrogen (secondary N) is 1. The standard InChI is InChI=1S/C75H137NO10/c1-4-7-10-13-16-19-22-25-27-29-31-32-33-34-35-36-37-39-40-42-44-47-50-53-56-59-62-68(79)74(83)76-66(67(78)61-58-55-52-49-46-24-21-18-15-12-9-6-3)65-84-75-73(72(82)71(81)69(64-77)85-75)86-70(80)63-60-57-54-51-48-45-43-41-38-30-28-26-23-20-17-14-11-8-5-2/h16,19,25,27,31-32,34-35,58,61,66-69,71-73,75,77-79,81-82H,4-15,17-18,20-24,26,28-30,33,36-57,59-60,62-65H2,1-3H3,(H,76,83)/b19-16-,27-25-,32-31-,35-34-,61-58+. The van der Waals surface area contributed by atoms with Crippen molar-refractivity contribution in [3.05, 3.63) is 60.8 Å². The lowest BCUT2D eigenvalue weighted by molar-refractivity contribution is -0.305. The van der Waals surface area contributed by atoms with Crippen LogP contribution in [0.15, 0.2) is 60.8 Å². The predicted molar refractivity (Wildman–Crippen MR) is 361 cm³/mol. The monoisotopic (exact) mass is 1210 g/mol. The summed E-state index contributed by atoms with van der Waals surface area (Å²) in [5.74, 6) is -1.18. The Hall–Kier alpha value is -2.64. The van der Waals surface area contributed by atoms with Crippen LogP contribution < -0.4 is 5.32 Å². The Kier molecular flexibility index (Phi) is 59.2. The molecule has 0 aromatic heterocycles. The summed E-state index contributed by atoms with van der Waals surface area (Å²) in [6, 6.07) is -1.03. The average molecular weight is 1210 g/mol. The first-order valence-corrected chi connectivity index (χ1v) is 36.6. The van der Waals surface area contributed by atoms with E-state index in [1.807, 2.05) is 6.08 Å². The fraction of sp³-hybridized carbons (Fsp3) is 0.840. The zero-order valence-electron chi connectivity index (χ0n) is 55.9. The fourth-order valence-corrected chi connectivity index (χ4v) is 11.4. The van der Waals surface area contributed by atoms with Gasteiger partial charge in [0, 0.05) is 6.42 Å². The number of hydrogen-bond acceptors (Lipinski definition) is 10. The third-order valence-electron chi connectivity index (χ3n) is 17.2. The minimum absolute atomic E-state index is 0.127. The van der Waals surface area contributed by atoms with E-state index in [-0.39, 0.29) is 19.4 Å². The Morgan fingerprint density at radius 3 is 1.22 bits per heavy atom. The molecule has 0 saturated carbocycles. The Balaban J connectivity index is 2.56. The van der Waals surface area contributed by atoms with Gasteiger partial charge in [-0.05, 0) is 70.6 Å². The molecular weight excluding hydrogens is 1070 g/mol.